The van der Waals surface area contributed by atoms with Crippen LogP contribution >= 0.6 is 0 Å². The summed E-state index contributed by atoms with van der Waals surface area (Å²) >= 11 is 0. The Bertz CT molecular complexity index is 889. The van der Waals surface area contributed by atoms with Gasteiger partial charge in [-0.2, -0.15) is 13.2 Å². The molecule has 0 aliphatic carbocycles. The van der Waals surface area contributed by atoms with Crippen LogP contribution in [0.2, 0.25) is 0 Å². The normalized spacial score (nSPS) is 11.6. The molecule has 0 atom stereocenters. The number of nitrogens with zero attached hydrogens (tertiary/aromatic N) is 1. The van der Waals surface area contributed by atoms with Gasteiger partial charge in [0.1, 0.15) is 0 Å². The fraction of sp³-hybridized carbons (Fsp3) is 0.190. The summed E-state index contributed by atoms with van der Waals surface area (Å²) in [6.45, 7) is 5.83. The first-order valence-corrected chi connectivity index (χ1v) is 7.98. The quantitative estimate of drug-likeness (QED) is 0.528. The molecule has 1 aromatic heterocycles. The summed E-state index contributed by atoms with van der Waals surface area (Å²) in [7, 11) is 0. The summed E-state index contributed by atoms with van der Waals surface area (Å²) in [5.74, 6) is 0. The minimum absolute atomic E-state index is 0.0965. The van der Waals surface area contributed by atoms with Crippen LogP contribution in [0.4, 0.5) is 13.2 Å². The lowest BCUT2D eigenvalue weighted by atomic mass is 9.91. The predicted octanol–water partition coefficient (Wildman–Crippen LogP) is 6.36. The maximum Gasteiger partial charge on any atom is 0.417 e. The van der Waals surface area contributed by atoms with Crippen molar-refractivity contribution in [1.82, 2.24) is 4.98 Å². The lowest BCUT2D eigenvalue weighted by Gasteiger charge is -2.17. The zero-order chi connectivity index (χ0) is 18.2. The van der Waals surface area contributed by atoms with Crippen molar-refractivity contribution < 1.29 is 13.2 Å². The van der Waals surface area contributed by atoms with Gasteiger partial charge in [-0.15, -0.1) is 0 Å². The SMILES string of the molecule is Cc1cc(C)c(-c2ccc(-c3ccccn3)c(C(F)(F)F)c2)c(C)c1. The van der Waals surface area contributed by atoms with E-state index in [2.05, 4.69) is 4.98 Å². The molecule has 3 rings (SSSR count). The van der Waals surface area contributed by atoms with Crippen LogP contribution in [-0.4, -0.2) is 4.98 Å². The van der Waals surface area contributed by atoms with Gasteiger partial charge in [-0.3, -0.25) is 4.98 Å². The Labute approximate surface area is 145 Å². The molecular weight excluding hydrogens is 323 g/mol. The van der Waals surface area contributed by atoms with Gasteiger partial charge in [-0.1, -0.05) is 35.9 Å². The number of alkyl halides is 3. The zero-order valence-corrected chi connectivity index (χ0v) is 14.3. The van der Waals surface area contributed by atoms with Crippen molar-refractivity contribution in [2.24, 2.45) is 0 Å². The van der Waals surface area contributed by atoms with Crippen molar-refractivity contribution in [3.05, 3.63) is 77.0 Å². The van der Waals surface area contributed by atoms with Crippen molar-refractivity contribution in [3.8, 4) is 22.4 Å². The third kappa shape index (κ3) is 3.43. The molecule has 0 saturated carbocycles. The molecule has 4 heteroatoms. The van der Waals surface area contributed by atoms with Gasteiger partial charge in [0, 0.05) is 11.8 Å². The second-order valence-electron chi connectivity index (χ2n) is 6.25. The van der Waals surface area contributed by atoms with Gasteiger partial charge >= 0.3 is 6.18 Å². The molecule has 0 radical (unpaired) electrons. The molecule has 0 saturated heterocycles. The standard InChI is InChI=1S/C21H18F3N/c1-13-10-14(2)20(15(3)11-13)16-7-8-17(18(12-16)21(22,23)24)19-6-4-5-9-25-19/h4-12H,1-3H3. The highest BCUT2D eigenvalue weighted by atomic mass is 19.4. The Kier molecular flexibility index (Phi) is 4.38. The maximum atomic E-state index is 13.7. The molecule has 0 aliphatic heterocycles. The van der Waals surface area contributed by atoms with E-state index in [0.717, 1.165) is 22.3 Å². The summed E-state index contributed by atoms with van der Waals surface area (Å²) in [4.78, 5) is 4.07. The molecule has 1 nitrogen and oxygen atoms in total. The lowest BCUT2D eigenvalue weighted by Crippen LogP contribution is -2.08. The van der Waals surface area contributed by atoms with E-state index in [1.807, 2.05) is 32.9 Å². The molecular formula is C21H18F3N. The summed E-state index contributed by atoms with van der Waals surface area (Å²) in [5.41, 5.74) is 4.21. The first kappa shape index (κ1) is 17.2. The Morgan fingerprint density at radius 2 is 1.52 bits per heavy atom. The minimum atomic E-state index is -4.45. The topological polar surface area (TPSA) is 12.9 Å². The number of halogens is 3. The summed E-state index contributed by atoms with van der Waals surface area (Å²) in [6, 6.07) is 13.4. The van der Waals surface area contributed by atoms with Crippen LogP contribution in [0, 0.1) is 20.8 Å². The van der Waals surface area contributed by atoms with Crippen LogP contribution in [0.25, 0.3) is 22.4 Å². The van der Waals surface area contributed by atoms with Gasteiger partial charge in [0.15, 0.2) is 0 Å². The summed E-state index contributed by atoms with van der Waals surface area (Å²) in [6.07, 6.45) is -2.95. The number of aromatic nitrogens is 1. The zero-order valence-electron chi connectivity index (χ0n) is 14.3. The Balaban J connectivity index is 2.23. The van der Waals surface area contributed by atoms with Crippen molar-refractivity contribution in [2.45, 2.75) is 26.9 Å². The van der Waals surface area contributed by atoms with E-state index >= 15 is 0 Å². The van der Waals surface area contributed by atoms with Gasteiger partial charge in [-0.25, -0.2) is 0 Å². The third-order valence-electron chi connectivity index (χ3n) is 4.23. The fourth-order valence-electron chi connectivity index (χ4n) is 3.32. The Morgan fingerprint density at radius 1 is 0.840 bits per heavy atom. The van der Waals surface area contributed by atoms with E-state index in [4.69, 9.17) is 0 Å². The molecule has 128 valence electrons. The fourth-order valence-corrected chi connectivity index (χ4v) is 3.32. The van der Waals surface area contributed by atoms with Crippen molar-refractivity contribution in [2.75, 3.05) is 0 Å². The number of hydrogen-bond donors (Lipinski definition) is 0. The van der Waals surface area contributed by atoms with Gasteiger partial charge in [0.2, 0.25) is 0 Å². The van der Waals surface area contributed by atoms with Crippen molar-refractivity contribution >= 4 is 0 Å². The highest BCUT2D eigenvalue weighted by molar-refractivity contribution is 5.76. The third-order valence-corrected chi connectivity index (χ3v) is 4.23. The molecule has 25 heavy (non-hydrogen) atoms. The number of rotatable bonds is 2. The van der Waals surface area contributed by atoms with E-state index in [1.54, 1.807) is 24.3 Å². The molecule has 0 fully saturated rings. The first-order valence-electron chi connectivity index (χ1n) is 7.98. The van der Waals surface area contributed by atoms with Crippen molar-refractivity contribution in [1.29, 1.82) is 0 Å². The molecule has 0 N–H and O–H groups in total. The largest absolute Gasteiger partial charge is 0.417 e. The molecule has 0 spiro atoms. The number of benzene rings is 2. The van der Waals surface area contributed by atoms with Gasteiger partial charge in [-0.05, 0) is 61.2 Å². The number of aryl methyl sites for hydroxylation is 3. The van der Waals surface area contributed by atoms with Crippen molar-refractivity contribution in [3.63, 3.8) is 0 Å². The molecule has 2 aromatic carbocycles. The number of pyridine rings is 1. The molecule has 0 bridgehead atoms. The average molecular weight is 341 g/mol. The minimum Gasteiger partial charge on any atom is -0.256 e. The van der Waals surface area contributed by atoms with Crippen LogP contribution < -0.4 is 0 Å². The van der Waals surface area contributed by atoms with Crippen LogP contribution in [0.5, 0.6) is 0 Å². The van der Waals surface area contributed by atoms with Crippen LogP contribution in [-0.2, 0) is 6.18 Å². The van der Waals surface area contributed by atoms with E-state index < -0.39 is 11.7 Å². The summed E-state index contributed by atoms with van der Waals surface area (Å²) in [5, 5.41) is 0. The van der Waals surface area contributed by atoms with E-state index in [9.17, 15) is 13.2 Å². The van der Waals surface area contributed by atoms with E-state index in [1.165, 1.54) is 18.3 Å². The highest BCUT2D eigenvalue weighted by Crippen LogP contribution is 2.40. The van der Waals surface area contributed by atoms with Gasteiger partial charge in [0.25, 0.3) is 0 Å². The first-order chi connectivity index (χ1) is 11.8. The molecule has 1 heterocycles. The summed E-state index contributed by atoms with van der Waals surface area (Å²) < 4.78 is 41.0. The molecule has 0 unspecified atom stereocenters. The van der Waals surface area contributed by atoms with E-state index in [0.29, 0.717) is 11.3 Å². The highest BCUT2D eigenvalue weighted by Gasteiger charge is 2.34. The number of hydrogen-bond acceptors (Lipinski definition) is 1. The smallest absolute Gasteiger partial charge is 0.256 e. The lowest BCUT2D eigenvalue weighted by molar-refractivity contribution is -0.137. The predicted molar refractivity (Wildman–Crippen MR) is 94.3 cm³/mol. The molecule has 0 amide bonds. The van der Waals surface area contributed by atoms with Crippen LogP contribution in [0.3, 0.4) is 0 Å². The molecule has 3 aromatic rings. The Hall–Kier alpha value is -2.62. The van der Waals surface area contributed by atoms with Gasteiger partial charge < -0.3 is 0 Å². The monoisotopic (exact) mass is 341 g/mol. The Morgan fingerprint density at radius 3 is 2.08 bits per heavy atom. The average Bonchev–Trinajstić information content (AvgIpc) is 2.54. The second kappa shape index (κ2) is 6.36. The second-order valence-corrected chi connectivity index (χ2v) is 6.25. The van der Waals surface area contributed by atoms with Crippen LogP contribution in [0.1, 0.15) is 22.3 Å². The van der Waals surface area contributed by atoms with Gasteiger partial charge in [0.05, 0.1) is 11.3 Å². The van der Waals surface area contributed by atoms with E-state index in [-0.39, 0.29) is 5.56 Å². The van der Waals surface area contributed by atoms with Crippen LogP contribution in [0.15, 0.2) is 54.7 Å². The maximum absolute atomic E-state index is 13.7. The molecule has 0 aliphatic rings.